The van der Waals surface area contributed by atoms with E-state index in [1.165, 1.54) is 7.11 Å². The van der Waals surface area contributed by atoms with E-state index >= 15 is 0 Å². The Kier molecular flexibility index (Phi) is 5.55. The number of carbonyl (C=O) groups is 2. The number of hydrogen-bond acceptors (Lipinski definition) is 3. The molecule has 0 radical (unpaired) electrons. The van der Waals surface area contributed by atoms with Crippen LogP contribution < -0.4 is 5.32 Å². The third kappa shape index (κ3) is 4.09. The van der Waals surface area contributed by atoms with Gasteiger partial charge >= 0.3 is 5.97 Å². The van der Waals surface area contributed by atoms with Gasteiger partial charge in [0.05, 0.1) is 13.0 Å². The summed E-state index contributed by atoms with van der Waals surface area (Å²) in [5, 5.41) is 2.75. The van der Waals surface area contributed by atoms with Gasteiger partial charge in [0, 0.05) is 0 Å². The van der Waals surface area contributed by atoms with Crippen molar-refractivity contribution in [3.63, 3.8) is 0 Å². The maximum atomic E-state index is 12.2. The minimum absolute atomic E-state index is 0.0145. The van der Waals surface area contributed by atoms with Crippen LogP contribution in [0.15, 0.2) is 30.3 Å². The topological polar surface area (TPSA) is 55.4 Å². The van der Waals surface area contributed by atoms with Crippen molar-refractivity contribution in [3.05, 3.63) is 35.9 Å². The molecule has 104 valence electrons. The van der Waals surface area contributed by atoms with Gasteiger partial charge in [0.1, 0.15) is 6.04 Å². The summed E-state index contributed by atoms with van der Waals surface area (Å²) in [7, 11) is 1.32. The molecule has 1 amide bonds. The first-order valence-electron chi connectivity index (χ1n) is 6.40. The Hall–Kier alpha value is -1.84. The Bertz CT molecular complexity index is 428. The highest BCUT2D eigenvalue weighted by Crippen LogP contribution is 2.15. The lowest BCUT2D eigenvalue weighted by atomic mass is 9.98. The van der Waals surface area contributed by atoms with Crippen LogP contribution in [0.4, 0.5) is 0 Å². The second kappa shape index (κ2) is 6.92. The van der Waals surface area contributed by atoms with Gasteiger partial charge in [0.2, 0.25) is 5.91 Å². The summed E-state index contributed by atoms with van der Waals surface area (Å²) < 4.78 is 4.71. The molecule has 4 nitrogen and oxygen atoms in total. The summed E-state index contributed by atoms with van der Waals surface area (Å²) in [5.41, 5.74) is 0.923. The van der Waals surface area contributed by atoms with Gasteiger partial charge in [0.25, 0.3) is 0 Å². The van der Waals surface area contributed by atoms with Crippen LogP contribution in [0, 0.1) is 5.92 Å². The third-order valence-corrected chi connectivity index (χ3v) is 3.11. The lowest BCUT2D eigenvalue weighted by Crippen LogP contribution is -2.46. The van der Waals surface area contributed by atoms with Crippen LogP contribution in [0.3, 0.4) is 0 Å². The first kappa shape index (κ1) is 15.2. The Labute approximate surface area is 114 Å². The van der Waals surface area contributed by atoms with Crippen molar-refractivity contribution < 1.29 is 14.3 Å². The van der Waals surface area contributed by atoms with Crippen molar-refractivity contribution in [2.45, 2.75) is 32.7 Å². The van der Waals surface area contributed by atoms with E-state index in [9.17, 15) is 9.59 Å². The van der Waals surface area contributed by atoms with Crippen molar-refractivity contribution in [3.8, 4) is 0 Å². The van der Waals surface area contributed by atoms with Crippen molar-refractivity contribution in [2.24, 2.45) is 5.92 Å². The standard InChI is InChI=1S/C15H21NO3/c1-10(2)13(15(18)19-4)16-14(17)11(3)12-8-6-5-7-9-12/h5-11,13H,1-4H3,(H,16,17)/t11-,13+/m1/s1. The largest absolute Gasteiger partial charge is 0.467 e. The van der Waals surface area contributed by atoms with E-state index in [-0.39, 0.29) is 17.7 Å². The van der Waals surface area contributed by atoms with E-state index in [1.807, 2.05) is 51.1 Å². The molecule has 1 aromatic carbocycles. The molecule has 0 fully saturated rings. The molecule has 0 bridgehead atoms. The van der Waals surface area contributed by atoms with Crippen LogP contribution in [0.25, 0.3) is 0 Å². The zero-order valence-corrected chi connectivity index (χ0v) is 11.8. The van der Waals surface area contributed by atoms with E-state index in [0.29, 0.717) is 0 Å². The van der Waals surface area contributed by atoms with Gasteiger partial charge in [-0.15, -0.1) is 0 Å². The van der Waals surface area contributed by atoms with Crippen molar-refractivity contribution in [1.82, 2.24) is 5.32 Å². The van der Waals surface area contributed by atoms with Gasteiger partial charge in [0.15, 0.2) is 0 Å². The molecule has 0 spiro atoms. The lowest BCUT2D eigenvalue weighted by molar-refractivity contribution is -0.146. The fraction of sp³-hybridized carbons (Fsp3) is 0.467. The third-order valence-electron chi connectivity index (χ3n) is 3.11. The van der Waals surface area contributed by atoms with E-state index in [4.69, 9.17) is 4.74 Å². The fourth-order valence-electron chi connectivity index (χ4n) is 1.80. The highest BCUT2D eigenvalue weighted by atomic mass is 16.5. The number of rotatable bonds is 5. The lowest BCUT2D eigenvalue weighted by Gasteiger charge is -2.22. The summed E-state index contributed by atoms with van der Waals surface area (Å²) in [4.78, 5) is 23.8. The van der Waals surface area contributed by atoms with Gasteiger partial charge in [-0.25, -0.2) is 4.79 Å². The number of esters is 1. The van der Waals surface area contributed by atoms with Crippen molar-refractivity contribution >= 4 is 11.9 Å². The van der Waals surface area contributed by atoms with Crippen molar-refractivity contribution in [1.29, 1.82) is 0 Å². The van der Waals surface area contributed by atoms with Crippen LogP contribution in [0.1, 0.15) is 32.3 Å². The molecule has 0 aromatic heterocycles. The molecule has 0 aliphatic heterocycles. The second-order valence-electron chi connectivity index (χ2n) is 4.89. The molecule has 1 rings (SSSR count). The number of carbonyl (C=O) groups excluding carboxylic acids is 2. The van der Waals surface area contributed by atoms with Gasteiger partial charge in [-0.2, -0.15) is 0 Å². The molecule has 0 aliphatic carbocycles. The van der Waals surface area contributed by atoms with Crippen LogP contribution in [-0.4, -0.2) is 25.0 Å². The Morgan fingerprint density at radius 2 is 1.68 bits per heavy atom. The Balaban J connectivity index is 2.75. The van der Waals surface area contributed by atoms with Crippen LogP contribution in [0.2, 0.25) is 0 Å². The maximum absolute atomic E-state index is 12.2. The maximum Gasteiger partial charge on any atom is 0.328 e. The van der Waals surface area contributed by atoms with Crippen LogP contribution in [0.5, 0.6) is 0 Å². The van der Waals surface area contributed by atoms with E-state index in [0.717, 1.165) is 5.56 Å². The number of methoxy groups -OCH3 is 1. The average molecular weight is 263 g/mol. The zero-order chi connectivity index (χ0) is 14.4. The highest BCUT2D eigenvalue weighted by molar-refractivity contribution is 5.88. The summed E-state index contributed by atoms with van der Waals surface area (Å²) in [6, 6.07) is 8.86. The number of nitrogens with one attached hydrogen (secondary N) is 1. The molecule has 19 heavy (non-hydrogen) atoms. The zero-order valence-electron chi connectivity index (χ0n) is 11.8. The number of amides is 1. The van der Waals surface area contributed by atoms with Crippen molar-refractivity contribution in [2.75, 3.05) is 7.11 Å². The van der Waals surface area contributed by atoms with E-state index in [2.05, 4.69) is 5.32 Å². The SMILES string of the molecule is COC(=O)[C@@H](NC(=O)[C@H](C)c1ccccc1)C(C)C. The molecule has 0 heterocycles. The molecule has 2 atom stereocenters. The number of hydrogen-bond donors (Lipinski definition) is 1. The molecule has 1 N–H and O–H groups in total. The summed E-state index contributed by atoms with van der Waals surface area (Å²) in [6.45, 7) is 5.56. The molecule has 0 aliphatic rings. The van der Waals surface area contributed by atoms with Crippen LogP contribution in [-0.2, 0) is 14.3 Å². The molecular formula is C15H21NO3. The van der Waals surface area contributed by atoms with Gasteiger partial charge < -0.3 is 10.1 Å². The summed E-state index contributed by atoms with van der Waals surface area (Å²) >= 11 is 0. The Morgan fingerprint density at radius 3 is 2.16 bits per heavy atom. The predicted molar refractivity (Wildman–Crippen MR) is 73.6 cm³/mol. The minimum atomic E-state index is -0.608. The number of ether oxygens (including phenoxy) is 1. The van der Waals surface area contributed by atoms with Gasteiger partial charge in [-0.3, -0.25) is 4.79 Å². The molecule has 1 aromatic rings. The first-order valence-corrected chi connectivity index (χ1v) is 6.40. The molecule has 4 heteroatoms. The normalized spacial score (nSPS) is 13.7. The average Bonchev–Trinajstić information content (AvgIpc) is 2.43. The smallest absolute Gasteiger partial charge is 0.328 e. The van der Waals surface area contributed by atoms with E-state index in [1.54, 1.807) is 0 Å². The molecule has 0 saturated heterocycles. The van der Waals surface area contributed by atoms with Gasteiger partial charge in [-0.1, -0.05) is 44.2 Å². The summed E-state index contributed by atoms with van der Waals surface area (Å²) in [5.74, 6) is -0.898. The molecular weight excluding hydrogens is 242 g/mol. The Morgan fingerprint density at radius 1 is 1.11 bits per heavy atom. The van der Waals surface area contributed by atoms with E-state index < -0.39 is 12.0 Å². The highest BCUT2D eigenvalue weighted by Gasteiger charge is 2.27. The monoisotopic (exact) mass is 263 g/mol. The minimum Gasteiger partial charge on any atom is -0.467 e. The second-order valence-corrected chi connectivity index (χ2v) is 4.89. The number of benzene rings is 1. The quantitative estimate of drug-likeness (QED) is 0.828. The summed E-state index contributed by atoms with van der Waals surface area (Å²) in [6.07, 6.45) is 0. The first-order chi connectivity index (χ1) is 8.97. The van der Waals surface area contributed by atoms with Crippen LogP contribution >= 0.6 is 0 Å². The molecule has 0 unspecified atom stereocenters. The molecule has 0 saturated carbocycles. The fourth-order valence-corrected chi connectivity index (χ4v) is 1.80. The van der Waals surface area contributed by atoms with Gasteiger partial charge in [-0.05, 0) is 18.4 Å². The predicted octanol–water partition coefficient (Wildman–Crippen LogP) is 2.10.